The van der Waals surface area contributed by atoms with Crippen LogP contribution in [0.25, 0.3) is 0 Å². The van der Waals surface area contributed by atoms with Gasteiger partial charge in [0.25, 0.3) is 6.43 Å². The predicted octanol–water partition coefficient (Wildman–Crippen LogP) is 1.73. The molecule has 0 saturated heterocycles. The van der Waals surface area contributed by atoms with Gasteiger partial charge in [-0.2, -0.15) is 0 Å². The molecule has 0 bridgehead atoms. The van der Waals surface area contributed by atoms with Gasteiger partial charge in [-0.05, 0) is 6.92 Å². The zero-order valence-electron chi connectivity index (χ0n) is 7.96. The third kappa shape index (κ3) is 2.26. The van der Waals surface area contributed by atoms with Crippen molar-refractivity contribution in [1.82, 2.24) is 4.98 Å². The van der Waals surface area contributed by atoms with Crippen LogP contribution >= 0.6 is 11.3 Å². The summed E-state index contributed by atoms with van der Waals surface area (Å²) in [4.78, 5) is 3.98. The SMILES string of the molecule is COCc1nc(C(C)(N)C(F)F)cs1. The number of nitrogens with two attached hydrogens (primary N) is 1. The Morgan fingerprint density at radius 2 is 2.36 bits per heavy atom. The first kappa shape index (κ1) is 11.5. The molecule has 0 aliphatic rings. The van der Waals surface area contributed by atoms with E-state index in [1.54, 1.807) is 5.38 Å². The lowest BCUT2D eigenvalue weighted by atomic mass is 10.0. The molecule has 0 fully saturated rings. The highest BCUT2D eigenvalue weighted by atomic mass is 32.1. The fraction of sp³-hybridized carbons (Fsp3) is 0.625. The number of alkyl halides is 2. The topological polar surface area (TPSA) is 48.1 Å². The van der Waals surface area contributed by atoms with E-state index in [-0.39, 0.29) is 5.69 Å². The zero-order chi connectivity index (χ0) is 10.8. The number of hydrogen-bond donors (Lipinski definition) is 1. The van der Waals surface area contributed by atoms with E-state index in [0.29, 0.717) is 11.6 Å². The molecule has 0 spiro atoms. The van der Waals surface area contributed by atoms with E-state index in [1.807, 2.05) is 0 Å². The molecule has 0 aromatic carbocycles. The second-order valence-electron chi connectivity index (χ2n) is 3.14. The first-order chi connectivity index (χ1) is 6.48. The maximum absolute atomic E-state index is 12.5. The van der Waals surface area contributed by atoms with Crippen LogP contribution < -0.4 is 5.73 Å². The standard InChI is InChI=1S/C8H12F2N2OS/c1-8(11,7(9)10)5-4-14-6(12-5)3-13-2/h4,7H,3,11H2,1-2H3. The Morgan fingerprint density at radius 3 is 2.86 bits per heavy atom. The zero-order valence-corrected chi connectivity index (χ0v) is 8.78. The van der Waals surface area contributed by atoms with Gasteiger partial charge in [-0.15, -0.1) is 11.3 Å². The summed E-state index contributed by atoms with van der Waals surface area (Å²) in [5.74, 6) is 0. The second kappa shape index (κ2) is 4.29. The molecule has 0 aliphatic carbocycles. The molecule has 0 aliphatic heterocycles. The Balaban J connectivity index is 2.85. The number of ether oxygens (including phenoxy) is 1. The molecule has 80 valence electrons. The monoisotopic (exact) mass is 222 g/mol. The molecule has 0 saturated carbocycles. The van der Waals surface area contributed by atoms with E-state index in [9.17, 15) is 8.78 Å². The lowest BCUT2D eigenvalue weighted by Crippen LogP contribution is -2.41. The molecule has 1 aromatic heterocycles. The van der Waals surface area contributed by atoms with Crippen molar-refractivity contribution in [3.05, 3.63) is 16.1 Å². The predicted molar refractivity (Wildman–Crippen MR) is 50.4 cm³/mol. The molecule has 1 heterocycles. The summed E-state index contributed by atoms with van der Waals surface area (Å²) in [6.45, 7) is 1.59. The van der Waals surface area contributed by atoms with Crippen molar-refractivity contribution in [3.63, 3.8) is 0 Å². The third-order valence-corrected chi connectivity index (χ3v) is 2.65. The Labute approximate surface area is 84.9 Å². The van der Waals surface area contributed by atoms with Crippen molar-refractivity contribution in [1.29, 1.82) is 0 Å². The molecule has 1 atom stereocenters. The largest absolute Gasteiger partial charge is 0.378 e. The van der Waals surface area contributed by atoms with Crippen molar-refractivity contribution in [2.45, 2.75) is 25.5 Å². The van der Waals surface area contributed by atoms with Gasteiger partial charge < -0.3 is 10.5 Å². The van der Waals surface area contributed by atoms with Crippen LogP contribution in [0.3, 0.4) is 0 Å². The van der Waals surface area contributed by atoms with Crippen LogP contribution in [-0.2, 0) is 16.9 Å². The third-order valence-electron chi connectivity index (χ3n) is 1.82. The number of aromatic nitrogens is 1. The quantitative estimate of drug-likeness (QED) is 0.844. The molecule has 1 unspecified atom stereocenters. The highest BCUT2D eigenvalue weighted by molar-refractivity contribution is 7.09. The molecular weight excluding hydrogens is 210 g/mol. The van der Waals surface area contributed by atoms with Gasteiger partial charge in [-0.1, -0.05) is 0 Å². The average Bonchev–Trinajstić information content (AvgIpc) is 2.53. The van der Waals surface area contributed by atoms with Gasteiger partial charge in [0.05, 0.1) is 12.3 Å². The number of halogens is 2. The van der Waals surface area contributed by atoms with E-state index >= 15 is 0 Å². The summed E-state index contributed by atoms with van der Waals surface area (Å²) in [6, 6.07) is 0. The van der Waals surface area contributed by atoms with E-state index in [1.165, 1.54) is 25.4 Å². The number of methoxy groups -OCH3 is 1. The lowest BCUT2D eigenvalue weighted by Gasteiger charge is -2.20. The van der Waals surface area contributed by atoms with Gasteiger partial charge in [-0.25, -0.2) is 13.8 Å². The van der Waals surface area contributed by atoms with Crippen molar-refractivity contribution in [2.24, 2.45) is 5.73 Å². The first-order valence-corrected chi connectivity index (χ1v) is 4.87. The Bertz CT molecular complexity index is 301. The van der Waals surface area contributed by atoms with Crippen LogP contribution in [0.2, 0.25) is 0 Å². The van der Waals surface area contributed by atoms with E-state index < -0.39 is 12.0 Å². The molecule has 0 radical (unpaired) electrons. The van der Waals surface area contributed by atoms with Gasteiger partial charge in [0.15, 0.2) is 0 Å². The number of thiazole rings is 1. The second-order valence-corrected chi connectivity index (χ2v) is 4.09. The summed E-state index contributed by atoms with van der Waals surface area (Å²) in [5, 5.41) is 2.19. The molecule has 1 rings (SSSR count). The van der Waals surface area contributed by atoms with Crippen molar-refractivity contribution in [3.8, 4) is 0 Å². The first-order valence-electron chi connectivity index (χ1n) is 3.99. The van der Waals surface area contributed by atoms with Crippen LogP contribution in [0.5, 0.6) is 0 Å². The number of nitrogens with zero attached hydrogens (tertiary/aromatic N) is 1. The molecular formula is C8H12F2N2OS. The van der Waals surface area contributed by atoms with Gasteiger partial charge in [0.2, 0.25) is 0 Å². The van der Waals surface area contributed by atoms with Crippen molar-refractivity contribution < 1.29 is 13.5 Å². The fourth-order valence-electron chi connectivity index (χ4n) is 0.860. The molecule has 1 aromatic rings. The Hall–Kier alpha value is -0.590. The van der Waals surface area contributed by atoms with Gasteiger partial charge in [0.1, 0.15) is 10.5 Å². The average molecular weight is 222 g/mol. The molecule has 0 amide bonds. The van der Waals surface area contributed by atoms with Crippen molar-refractivity contribution >= 4 is 11.3 Å². The minimum absolute atomic E-state index is 0.213. The van der Waals surface area contributed by atoms with E-state index in [0.717, 1.165) is 0 Å². The highest BCUT2D eigenvalue weighted by Crippen LogP contribution is 2.26. The summed E-state index contributed by atoms with van der Waals surface area (Å²) < 4.78 is 29.8. The molecule has 2 N–H and O–H groups in total. The number of hydrogen-bond acceptors (Lipinski definition) is 4. The fourth-order valence-corrected chi connectivity index (χ4v) is 1.75. The smallest absolute Gasteiger partial charge is 0.261 e. The lowest BCUT2D eigenvalue weighted by molar-refractivity contribution is 0.0602. The van der Waals surface area contributed by atoms with Gasteiger partial charge in [-0.3, -0.25) is 0 Å². The normalized spacial score (nSPS) is 15.9. The van der Waals surface area contributed by atoms with Crippen LogP contribution in [0.4, 0.5) is 8.78 Å². The van der Waals surface area contributed by atoms with Crippen LogP contribution in [0.1, 0.15) is 17.6 Å². The van der Waals surface area contributed by atoms with Crippen LogP contribution in [-0.4, -0.2) is 18.5 Å². The molecule has 3 nitrogen and oxygen atoms in total. The summed E-state index contributed by atoms with van der Waals surface area (Å²) in [7, 11) is 1.52. The van der Waals surface area contributed by atoms with Gasteiger partial charge >= 0.3 is 0 Å². The van der Waals surface area contributed by atoms with E-state index in [2.05, 4.69) is 4.98 Å². The molecule has 6 heteroatoms. The Kier molecular flexibility index (Phi) is 3.52. The van der Waals surface area contributed by atoms with Crippen molar-refractivity contribution in [2.75, 3.05) is 7.11 Å². The summed E-state index contributed by atoms with van der Waals surface area (Å²) in [6.07, 6.45) is -2.63. The Morgan fingerprint density at radius 1 is 1.71 bits per heavy atom. The number of rotatable bonds is 4. The van der Waals surface area contributed by atoms with Crippen LogP contribution in [0.15, 0.2) is 5.38 Å². The van der Waals surface area contributed by atoms with Crippen LogP contribution in [0, 0.1) is 0 Å². The molecule has 14 heavy (non-hydrogen) atoms. The maximum Gasteiger partial charge on any atom is 0.261 e. The van der Waals surface area contributed by atoms with E-state index in [4.69, 9.17) is 10.5 Å². The summed E-state index contributed by atoms with van der Waals surface area (Å²) in [5.41, 5.74) is 3.98. The van der Waals surface area contributed by atoms with Gasteiger partial charge in [0, 0.05) is 12.5 Å². The summed E-state index contributed by atoms with van der Waals surface area (Å²) >= 11 is 1.27. The highest BCUT2D eigenvalue weighted by Gasteiger charge is 2.34. The maximum atomic E-state index is 12.5. The minimum Gasteiger partial charge on any atom is -0.378 e. The minimum atomic E-state index is -2.63.